The average molecular weight is 311 g/mol. The SMILES string of the molecule is Cc1noc(C)c1CN(C)C(=O)c1cc2ccccc2c(=O)[nH]1. The van der Waals surface area contributed by atoms with Gasteiger partial charge in [-0.3, -0.25) is 9.59 Å². The van der Waals surface area contributed by atoms with Crippen LogP contribution in [0, 0.1) is 13.8 Å². The molecule has 0 saturated heterocycles. The molecule has 6 heteroatoms. The maximum absolute atomic E-state index is 12.6. The number of nitrogens with zero attached hydrogens (tertiary/aromatic N) is 2. The number of carbonyl (C=O) groups is 1. The summed E-state index contributed by atoms with van der Waals surface area (Å²) in [6.45, 7) is 4.02. The van der Waals surface area contributed by atoms with E-state index in [0.717, 1.165) is 16.6 Å². The van der Waals surface area contributed by atoms with Crippen LogP contribution in [-0.4, -0.2) is 28.0 Å². The third kappa shape index (κ3) is 2.75. The van der Waals surface area contributed by atoms with Gasteiger partial charge >= 0.3 is 0 Å². The number of hydrogen-bond donors (Lipinski definition) is 1. The zero-order valence-corrected chi connectivity index (χ0v) is 13.2. The Kier molecular flexibility index (Phi) is 3.73. The van der Waals surface area contributed by atoms with Gasteiger partial charge in [-0.25, -0.2) is 0 Å². The number of hydrogen-bond acceptors (Lipinski definition) is 4. The lowest BCUT2D eigenvalue weighted by molar-refractivity contribution is 0.0778. The topological polar surface area (TPSA) is 79.2 Å². The van der Waals surface area contributed by atoms with Crippen molar-refractivity contribution in [3.05, 3.63) is 63.4 Å². The minimum atomic E-state index is -0.266. The third-order valence-electron chi connectivity index (χ3n) is 3.91. The summed E-state index contributed by atoms with van der Waals surface area (Å²) in [5, 5.41) is 5.19. The molecule has 3 rings (SSSR count). The molecule has 23 heavy (non-hydrogen) atoms. The van der Waals surface area contributed by atoms with E-state index in [-0.39, 0.29) is 17.2 Å². The van der Waals surface area contributed by atoms with Crippen LogP contribution in [-0.2, 0) is 6.54 Å². The summed E-state index contributed by atoms with van der Waals surface area (Å²) in [5.41, 5.74) is 1.64. The van der Waals surface area contributed by atoms with Gasteiger partial charge in [-0.2, -0.15) is 0 Å². The molecule has 1 N–H and O–H groups in total. The summed E-state index contributed by atoms with van der Waals surface area (Å²) in [4.78, 5) is 28.9. The van der Waals surface area contributed by atoms with E-state index in [0.29, 0.717) is 17.7 Å². The number of H-pyrrole nitrogens is 1. The Balaban J connectivity index is 1.92. The standard InChI is InChI=1S/C17H17N3O3/c1-10-14(11(2)23-19-10)9-20(3)17(22)15-8-12-6-4-5-7-13(12)16(21)18-15/h4-8H,9H2,1-3H3,(H,18,21). The fourth-order valence-electron chi connectivity index (χ4n) is 2.57. The number of fused-ring (bicyclic) bond motifs is 1. The van der Waals surface area contributed by atoms with E-state index in [4.69, 9.17) is 4.52 Å². The van der Waals surface area contributed by atoms with Crippen LogP contribution in [0.5, 0.6) is 0 Å². The maximum atomic E-state index is 12.6. The minimum Gasteiger partial charge on any atom is -0.361 e. The summed E-state index contributed by atoms with van der Waals surface area (Å²) in [7, 11) is 1.68. The number of aromatic amines is 1. The molecule has 0 aliphatic rings. The second kappa shape index (κ2) is 5.72. The molecular weight excluding hydrogens is 294 g/mol. The molecule has 0 aliphatic heterocycles. The third-order valence-corrected chi connectivity index (χ3v) is 3.91. The molecule has 0 saturated carbocycles. The van der Waals surface area contributed by atoms with Crippen LogP contribution in [0.3, 0.4) is 0 Å². The van der Waals surface area contributed by atoms with Gasteiger partial charge in [-0.05, 0) is 31.4 Å². The van der Waals surface area contributed by atoms with Gasteiger partial charge in [0.05, 0.1) is 12.2 Å². The van der Waals surface area contributed by atoms with Gasteiger partial charge in [-0.1, -0.05) is 23.4 Å². The highest BCUT2D eigenvalue weighted by atomic mass is 16.5. The monoisotopic (exact) mass is 311 g/mol. The number of amides is 1. The highest BCUT2D eigenvalue weighted by molar-refractivity contribution is 5.96. The molecule has 0 bridgehead atoms. The van der Waals surface area contributed by atoms with Gasteiger partial charge in [0.15, 0.2) is 0 Å². The van der Waals surface area contributed by atoms with Crippen LogP contribution >= 0.6 is 0 Å². The lowest BCUT2D eigenvalue weighted by Gasteiger charge is -2.17. The van der Waals surface area contributed by atoms with Gasteiger partial charge in [0.2, 0.25) is 0 Å². The molecule has 1 aromatic carbocycles. The fourth-order valence-corrected chi connectivity index (χ4v) is 2.57. The van der Waals surface area contributed by atoms with Crippen LogP contribution < -0.4 is 5.56 Å². The number of nitrogens with one attached hydrogen (secondary N) is 1. The number of aromatic nitrogens is 2. The first-order chi connectivity index (χ1) is 11.0. The Morgan fingerprint density at radius 2 is 2.04 bits per heavy atom. The summed E-state index contributed by atoms with van der Waals surface area (Å²) >= 11 is 0. The molecular formula is C17H17N3O3. The zero-order chi connectivity index (χ0) is 16.6. The van der Waals surface area contributed by atoms with E-state index in [9.17, 15) is 9.59 Å². The molecule has 0 fully saturated rings. The Bertz CT molecular complexity index is 920. The van der Waals surface area contributed by atoms with Gasteiger partial charge in [0.1, 0.15) is 11.5 Å². The number of pyridine rings is 1. The predicted octanol–water partition coefficient (Wildman–Crippen LogP) is 2.41. The van der Waals surface area contributed by atoms with Crippen molar-refractivity contribution < 1.29 is 9.32 Å². The van der Waals surface area contributed by atoms with Crippen LogP contribution in [0.2, 0.25) is 0 Å². The molecule has 0 atom stereocenters. The van der Waals surface area contributed by atoms with Crippen LogP contribution in [0.25, 0.3) is 10.8 Å². The molecule has 3 aromatic rings. The fraction of sp³-hybridized carbons (Fsp3) is 0.235. The molecule has 0 aliphatic carbocycles. The average Bonchev–Trinajstić information content (AvgIpc) is 2.86. The second-order valence-corrected chi connectivity index (χ2v) is 5.56. The van der Waals surface area contributed by atoms with Crippen LogP contribution in [0.15, 0.2) is 39.6 Å². The summed E-state index contributed by atoms with van der Waals surface area (Å²) < 4.78 is 5.11. The molecule has 6 nitrogen and oxygen atoms in total. The van der Waals surface area contributed by atoms with Crippen molar-refractivity contribution in [2.75, 3.05) is 7.05 Å². The smallest absolute Gasteiger partial charge is 0.270 e. The number of aryl methyl sites for hydroxylation is 2. The Labute approximate surface area is 132 Å². The molecule has 0 radical (unpaired) electrons. The van der Waals surface area contributed by atoms with Crippen molar-refractivity contribution in [3.8, 4) is 0 Å². The molecule has 2 heterocycles. The highest BCUT2D eigenvalue weighted by Gasteiger charge is 2.18. The Morgan fingerprint density at radius 1 is 1.30 bits per heavy atom. The molecule has 118 valence electrons. The minimum absolute atomic E-state index is 0.257. The Morgan fingerprint density at radius 3 is 2.74 bits per heavy atom. The lowest BCUT2D eigenvalue weighted by atomic mass is 10.1. The number of benzene rings is 1. The van der Waals surface area contributed by atoms with Crippen molar-refractivity contribution in [2.24, 2.45) is 0 Å². The van der Waals surface area contributed by atoms with Gasteiger partial charge in [0, 0.05) is 18.0 Å². The second-order valence-electron chi connectivity index (χ2n) is 5.56. The largest absolute Gasteiger partial charge is 0.361 e. The van der Waals surface area contributed by atoms with Crippen LogP contribution in [0.4, 0.5) is 0 Å². The molecule has 0 spiro atoms. The van der Waals surface area contributed by atoms with Gasteiger partial charge in [-0.15, -0.1) is 0 Å². The molecule has 0 unspecified atom stereocenters. The van der Waals surface area contributed by atoms with Gasteiger partial charge < -0.3 is 14.4 Å². The van der Waals surface area contributed by atoms with E-state index in [1.54, 1.807) is 25.2 Å². The highest BCUT2D eigenvalue weighted by Crippen LogP contribution is 2.16. The molecule has 2 aromatic heterocycles. The van der Waals surface area contributed by atoms with Crippen molar-refractivity contribution in [1.29, 1.82) is 0 Å². The van der Waals surface area contributed by atoms with Crippen molar-refractivity contribution in [3.63, 3.8) is 0 Å². The predicted molar refractivity (Wildman–Crippen MR) is 86.3 cm³/mol. The van der Waals surface area contributed by atoms with E-state index < -0.39 is 0 Å². The van der Waals surface area contributed by atoms with E-state index in [1.807, 2.05) is 26.0 Å². The van der Waals surface area contributed by atoms with E-state index >= 15 is 0 Å². The van der Waals surface area contributed by atoms with Crippen molar-refractivity contribution in [1.82, 2.24) is 15.0 Å². The molecule has 1 amide bonds. The zero-order valence-electron chi connectivity index (χ0n) is 13.2. The normalized spacial score (nSPS) is 10.9. The summed E-state index contributed by atoms with van der Waals surface area (Å²) in [6.07, 6.45) is 0. The quantitative estimate of drug-likeness (QED) is 0.805. The first-order valence-electron chi connectivity index (χ1n) is 7.26. The first kappa shape index (κ1) is 15.0. The Hall–Kier alpha value is -2.89. The van der Waals surface area contributed by atoms with Gasteiger partial charge in [0.25, 0.3) is 11.5 Å². The first-order valence-corrected chi connectivity index (χ1v) is 7.26. The number of carbonyl (C=O) groups excluding carboxylic acids is 1. The van der Waals surface area contributed by atoms with E-state index in [2.05, 4.69) is 10.1 Å². The van der Waals surface area contributed by atoms with Crippen LogP contribution in [0.1, 0.15) is 27.5 Å². The maximum Gasteiger partial charge on any atom is 0.270 e. The summed E-state index contributed by atoms with van der Waals surface area (Å²) in [6, 6.07) is 8.88. The summed E-state index contributed by atoms with van der Waals surface area (Å²) in [5.74, 6) is 0.432. The van der Waals surface area contributed by atoms with Crippen molar-refractivity contribution in [2.45, 2.75) is 20.4 Å². The van der Waals surface area contributed by atoms with E-state index in [1.165, 1.54) is 4.90 Å². The number of rotatable bonds is 3. The van der Waals surface area contributed by atoms with Crippen molar-refractivity contribution >= 4 is 16.7 Å². The lowest BCUT2D eigenvalue weighted by Crippen LogP contribution is -2.29.